The fraction of sp³-hybridized carbons (Fsp3) is 0.571. The Morgan fingerprint density at radius 1 is 1.32 bits per heavy atom. The molecule has 4 nitrogen and oxygen atoms in total. The molecule has 1 aromatic rings. The Kier molecular flexibility index (Phi) is 7.16. The monoisotopic (exact) mass is 286 g/mol. The number of hydrogen-bond donors (Lipinski definition) is 1. The number of rotatable bonds is 8. The number of benzene rings is 1. The van der Waals surface area contributed by atoms with Crippen molar-refractivity contribution in [3.63, 3.8) is 0 Å². The van der Waals surface area contributed by atoms with Gasteiger partial charge >= 0.3 is 0 Å². The van der Waals surface area contributed by atoms with Crippen molar-refractivity contribution in [2.24, 2.45) is 5.73 Å². The van der Waals surface area contributed by atoms with Crippen molar-refractivity contribution in [1.29, 1.82) is 0 Å². The van der Waals surface area contributed by atoms with Gasteiger partial charge in [-0.3, -0.25) is 0 Å². The minimum atomic E-state index is 0.226. The van der Waals surface area contributed by atoms with E-state index in [1.165, 1.54) is 0 Å². The fourth-order valence-electron chi connectivity index (χ4n) is 2.08. The second kappa shape index (κ2) is 8.38. The molecule has 1 aromatic carbocycles. The lowest BCUT2D eigenvalue weighted by Gasteiger charge is -2.32. The molecule has 0 bridgehead atoms. The molecule has 0 saturated carbocycles. The zero-order chi connectivity index (χ0) is 14.3. The van der Waals surface area contributed by atoms with Gasteiger partial charge in [0, 0.05) is 44.1 Å². The van der Waals surface area contributed by atoms with Crippen LogP contribution in [0.1, 0.15) is 12.5 Å². The van der Waals surface area contributed by atoms with Gasteiger partial charge in [-0.15, -0.1) is 0 Å². The Hall–Kier alpha value is -0.810. The van der Waals surface area contributed by atoms with Gasteiger partial charge in [0.2, 0.25) is 0 Å². The van der Waals surface area contributed by atoms with E-state index < -0.39 is 0 Å². The van der Waals surface area contributed by atoms with Crippen molar-refractivity contribution in [3.05, 3.63) is 28.8 Å². The number of methoxy groups -OCH3 is 2. The van der Waals surface area contributed by atoms with Crippen molar-refractivity contribution in [3.8, 4) is 0 Å². The average molecular weight is 287 g/mol. The van der Waals surface area contributed by atoms with Gasteiger partial charge in [-0.25, -0.2) is 0 Å². The van der Waals surface area contributed by atoms with E-state index in [9.17, 15) is 0 Å². The van der Waals surface area contributed by atoms with Crippen molar-refractivity contribution < 1.29 is 9.47 Å². The summed E-state index contributed by atoms with van der Waals surface area (Å²) in [5, 5.41) is 0.708. The maximum absolute atomic E-state index is 6.10. The van der Waals surface area contributed by atoms with Gasteiger partial charge in [-0.05, 0) is 24.6 Å². The van der Waals surface area contributed by atoms with Crippen LogP contribution in [0.3, 0.4) is 0 Å². The second-order valence-electron chi connectivity index (χ2n) is 4.47. The standard InChI is InChI=1S/C14H23ClN2O2/c1-11(10-19-3)17(6-7-18-2)14-8-13(15)5-4-12(14)9-16/h4-5,8,11H,6-7,9-10,16H2,1-3H3. The quantitative estimate of drug-likeness (QED) is 0.796. The maximum atomic E-state index is 6.10. The van der Waals surface area contributed by atoms with Crippen molar-refractivity contribution >= 4 is 17.3 Å². The highest BCUT2D eigenvalue weighted by Crippen LogP contribution is 2.26. The first-order chi connectivity index (χ1) is 9.13. The highest BCUT2D eigenvalue weighted by Gasteiger charge is 2.17. The highest BCUT2D eigenvalue weighted by atomic mass is 35.5. The number of nitrogens with two attached hydrogens (primary N) is 1. The largest absolute Gasteiger partial charge is 0.383 e. The zero-order valence-corrected chi connectivity index (χ0v) is 12.6. The van der Waals surface area contributed by atoms with Gasteiger partial charge < -0.3 is 20.1 Å². The Labute approximate surface area is 120 Å². The van der Waals surface area contributed by atoms with Gasteiger partial charge in [-0.2, -0.15) is 0 Å². The molecule has 0 spiro atoms. The van der Waals surface area contributed by atoms with Crippen molar-refractivity contribution in [2.75, 3.05) is 38.9 Å². The molecule has 1 unspecified atom stereocenters. The van der Waals surface area contributed by atoms with Crippen LogP contribution < -0.4 is 10.6 Å². The maximum Gasteiger partial charge on any atom is 0.0663 e. The smallest absolute Gasteiger partial charge is 0.0663 e. The molecular formula is C14H23ClN2O2. The highest BCUT2D eigenvalue weighted by molar-refractivity contribution is 6.30. The Bertz CT molecular complexity index is 388. The number of halogens is 1. The van der Waals surface area contributed by atoms with E-state index in [0.717, 1.165) is 17.8 Å². The molecule has 0 aliphatic rings. The summed E-state index contributed by atoms with van der Waals surface area (Å²) < 4.78 is 10.4. The van der Waals surface area contributed by atoms with Crippen LogP contribution in [0.5, 0.6) is 0 Å². The van der Waals surface area contributed by atoms with E-state index in [0.29, 0.717) is 24.8 Å². The molecule has 0 aliphatic heterocycles. The summed E-state index contributed by atoms with van der Waals surface area (Å²) in [4.78, 5) is 2.22. The van der Waals surface area contributed by atoms with E-state index in [2.05, 4.69) is 11.8 Å². The molecule has 108 valence electrons. The summed E-state index contributed by atoms with van der Waals surface area (Å²) >= 11 is 6.10. The summed E-state index contributed by atoms with van der Waals surface area (Å²) in [5.74, 6) is 0. The molecule has 0 heterocycles. The van der Waals surface area contributed by atoms with Crippen LogP contribution in [-0.4, -0.2) is 40.0 Å². The molecule has 1 atom stereocenters. The minimum Gasteiger partial charge on any atom is -0.383 e. The first-order valence-electron chi connectivity index (χ1n) is 6.37. The molecule has 0 amide bonds. The van der Waals surface area contributed by atoms with Gasteiger partial charge in [0.05, 0.1) is 13.2 Å². The van der Waals surface area contributed by atoms with Gasteiger partial charge in [0.15, 0.2) is 0 Å². The van der Waals surface area contributed by atoms with E-state index in [-0.39, 0.29) is 6.04 Å². The van der Waals surface area contributed by atoms with Crippen LogP contribution in [0.15, 0.2) is 18.2 Å². The molecule has 19 heavy (non-hydrogen) atoms. The number of anilines is 1. The molecule has 2 N–H and O–H groups in total. The molecule has 0 aliphatic carbocycles. The summed E-state index contributed by atoms with van der Waals surface area (Å²) in [6.45, 7) is 4.65. The van der Waals surface area contributed by atoms with Crippen molar-refractivity contribution in [1.82, 2.24) is 0 Å². The lowest BCUT2D eigenvalue weighted by Crippen LogP contribution is -2.39. The van der Waals surface area contributed by atoms with Crippen LogP contribution in [0.4, 0.5) is 5.69 Å². The molecule has 0 fully saturated rings. The van der Waals surface area contributed by atoms with E-state index in [1.807, 2.05) is 18.2 Å². The Morgan fingerprint density at radius 2 is 2.05 bits per heavy atom. The third kappa shape index (κ3) is 4.66. The first kappa shape index (κ1) is 16.2. The second-order valence-corrected chi connectivity index (χ2v) is 4.90. The van der Waals surface area contributed by atoms with Crippen LogP contribution >= 0.6 is 11.6 Å². The SMILES string of the molecule is COCCN(c1cc(Cl)ccc1CN)C(C)COC. The van der Waals surface area contributed by atoms with Crippen LogP contribution in [-0.2, 0) is 16.0 Å². The molecule has 0 aromatic heterocycles. The van der Waals surface area contributed by atoms with E-state index >= 15 is 0 Å². The van der Waals surface area contributed by atoms with Crippen molar-refractivity contribution in [2.45, 2.75) is 19.5 Å². The van der Waals surface area contributed by atoms with Gasteiger partial charge in [0.25, 0.3) is 0 Å². The third-order valence-electron chi connectivity index (χ3n) is 3.05. The predicted molar refractivity (Wildman–Crippen MR) is 79.9 cm³/mol. The number of nitrogens with zero attached hydrogens (tertiary/aromatic N) is 1. The normalized spacial score (nSPS) is 12.5. The lowest BCUT2D eigenvalue weighted by atomic mass is 10.1. The Balaban J connectivity index is 3.04. The third-order valence-corrected chi connectivity index (χ3v) is 3.29. The lowest BCUT2D eigenvalue weighted by molar-refractivity contribution is 0.171. The van der Waals surface area contributed by atoms with Crippen LogP contribution in [0.25, 0.3) is 0 Å². The van der Waals surface area contributed by atoms with E-state index in [1.54, 1.807) is 14.2 Å². The topological polar surface area (TPSA) is 47.7 Å². The molecular weight excluding hydrogens is 264 g/mol. The zero-order valence-electron chi connectivity index (χ0n) is 11.9. The number of ether oxygens (including phenoxy) is 2. The molecule has 0 radical (unpaired) electrons. The summed E-state index contributed by atoms with van der Waals surface area (Å²) in [6.07, 6.45) is 0. The van der Waals surface area contributed by atoms with Crippen LogP contribution in [0.2, 0.25) is 5.02 Å². The Morgan fingerprint density at radius 3 is 2.63 bits per heavy atom. The molecule has 5 heteroatoms. The van der Waals surface area contributed by atoms with Gasteiger partial charge in [0.1, 0.15) is 0 Å². The molecule has 0 saturated heterocycles. The number of hydrogen-bond acceptors (Lipinski definition) is 4. The fourth-order valence-corrected chi connectivity index (χ4v) is 2.24. The van der Waals surface area contributed by atoms with E-state index in [4.69, 9.17) is 26.8 Å². The van der Waals surface area contributed by atoms with Gasteiger partial charge in [-0.1, -0.05) is 17.7 Å². The molecule has 1 rings (SSSR count). The summed E-state index contributed by atoms with van der Waals surface area (Å²) in [6, 6.07) is 6.01. The van der Waals surface area contributed by atoms with Crippen LogP contribution in [0, 0.1) is 0 Å². The first-order valence-corrected chi connectivity index (χ1v) is 6.74. The average Bonchev–Trinajstić information content (AvgIpc) is 2.40. The predicted octanol–water partition coefficient (Wildman–Crippen LogP) is 2.29. The minimum absolute atomic E-state index is 0.226. The summed E-state index contributed by atoms with van der Waals surface area (Å²) in [5.41, 5.74) is 7.93. The summed E-state index contributed by atoms with van der Waals surface area (Å²) in [7, 11) is 3.40.